The maximum atomic E-state index is 9.61. The van der Waals surface area contributed by atoms with Crippen molar-refractivity contribution < 1.29 is 5.11 Å². The molecule has 1 aromatic rings. The molecule has 0 saturated carbocycles. The van der Waals surface area contributed by atoms with Gasteiger partial charge in [-0.2, -0.15) is 0 Å². The fourth-order valence-corrected chi connectivity index (χ4v) is 2.25. The summed E-state index contributed by atoms with van der Waals surface area (Å²) in [6.45, 7) is 3.66. The molecule has 2 atom stereocenters. The topological polar surface area (TPSA) is 49.2 Å². The minimum atomic E-state index is -0.264. The second-order valence-electron chi connectivity index (χ2n) is 4.29. The molecule has 0 aromatic carbocycles. The normalized spacial score (nSPS) is 23.2. The Hall–Kier alpha value is -0.870. The van der Waals surface area contributed by atoms with E-state index in [1.165, 1.54) is 6.33 Å². The van der Waals surface area contributed by atoms with E-state index >= 15 is 0 Å². The molecule has 4 nitrogen and oxygen atoms in total. The Balaban J connectivity index is 2.09. The van der Waals surface area contributed by atoms with E-state index in [1.54, 1.807) is 6.07 Å². The van der Waals surface area contributed by atoms with Crippen LogP contribution in [0.15, 0.2) is 12.4 Å². The van der Waals surface area contributed by atoms with Gasteiger partial charge in [0.2, 0.25) is 0 Å². The van der Waals surface area contributed by atoms with Gasteiger partial charge < -0.3 is 10.0 Å². The first kappa shape index (κ1) is 11.6. The molecule has 1 aliphatic heterocycles. The van der Waals surface area contributed by atoms with Crippen molar-refractivity contribution in [2.45, 2.75) is 25.9 Å². The SMILES string of the molecule is C[C@@H](O)[C@H]1CCCN(c2cc(Cl)ncn2)C1. The van der Waals surface area contributed by atoms with E-state index in [4.69, 9.17) is 11.6 Å². The molecule has 0 aliphatic carbocycles. The van der Waals surface area contributed by atoms with E-state index in [1.807, 2.05) is 6.92 Å². The summed E-state index contributed by atoms with van der Waals surface area (Å²) in [7, 11) is 0. The van der Waals surface area contributed by atoms with Crippen LogP contribution in [0.4, 0.5) is 5.82 Å². The number of aliphatic hydroxyl groups excluding tert-OH is 1. The Morgan fingerprint density at radius 2 is 2.38 bits per heavy atom. The van der Waals surface area contributed by atoms with Crippen LogP contribution in [0.2, 0.25) is 5.15 Å². The van der Waals surface area contributed by atoms with Crippen molar-refractivity contribution in [1.29, 1.82) is 0 Å². The standard InChI is InChI=1S/C11H16ClN3O/c1-8(16)9-3-2-4-15(6-9)11-5-10(12)13-7-14-11/h5,7-9,16H,2-4,6H2,1H3/t8-,9+/m1/s1. The molecule has 1 aromatic heterocycles. The number of aliphatic hydroxyl groups is 1. The largest absolute Gasteiger partial charge is 0.393 e. The number of piperidine rings is 1. The smallest absolute Gasteiger partial charge is 0.134 e. The summed E-state index contributed by atoms with van der Waals surface area (Å²) < 4.78 is 0. The Bertz CT molecular complexity index is 359. The van der Waals surface area contributed by atoms with Gasteiger partial charge in [0.25, 0.3) is 0 Å². The number of hydrogen-bond donors (Lipinski definition) is 1. The van der Waals surface area contributed by atoms with E-state index in [9.17, 15) is 5.11 Å². The number of nitrogens with zero attached hydrogens (tertiary/aromatic N) is 3. The van der Waals surface area contributed by atoms with E-state index in [-0.39, 0.29) is 6.10 Å². The zero-order valence-corrected chi connectivity index (χ0v) is 10.1. The van der Waals surface area contributed by atoms with Crippen LogP contribution in [-0.4, -0.2) is 34.3 Å². The van der Waals surface area contributed by atoms with E-state index in [2.05, 4.69) is 14.9 Å². The van der Waals surface area contributed by atoms with Crippen molar-refractivity contribution in [1.82, 2.24) is 9.97 Å². The van der Waals surface area contributed by atoms with Crippen LogP contribution in [-0.2, 0) is 0 Å². The number of rotatable bonds is 2. The molecule has 0 amide bonds. The summed E-state index contributed by atoms with van der Waals surface area (Å²) in [6, 6.07) is 1.77. The van der Waals surface area contributed by atoms with Gasteiger partial charge in [0.15, 0.2) is 0 Å². The highest BCUT2D eigenvalue weighted by Crippen LogP contribution is 2.24. The van der Waals surface area contributed by atoms with E-state index < -0.39 is 0 Å². The Morgan fingerprint density at radius 1 is 1.56 bits per heavy atom. The fraction of sp³-hybridized carbons (Fsp3) is 0.636. The van der Waals surface area contributed by atoms with Crippen LogP contribution in [0.1, 0.15) is 19.8 Å². The molecule has 0 radical (unpaired) electrons. The summed E-state index contributed by atoms with van der Waals surface area (Å²) in [6.07, 6.45) is 3.37. The van der Waals surface area contributed by atoms with Gasteiger partial charge in [-0.15, -0.1) is 0 Å². The summed E-state index contributed by atoms with van der Waals surface area (Å²) in [5.74, 6) is 1.17. The molecule has 1 fully saturated rings. The Morgan fingerprint density at radius 3 is 3.06 bits per heavy atom. The minimum absolute atomic E-state index is 0.264. The highest BCUT2D eigenvalue weighted by Gasteiger charge is 2.24. The highest BCUT2D eigenvalue weighted by molar-refractivity contribution is 6.29. The van der Waals surface area contributed by atoms with Gasteiger partial charge in [0, 0.05) is 25.1 Å². The summed E-state index contributed by atoms with van der Waals surface area (Å²) in [4.78, 5) is 10.2. The van der Waals surface area contributed by atoms with Gasteiger partial charge in [-0.25, -0.2) is 9.97 Å². The lowest BCUT2D eigenvalue weighted by atomic mass is 9.93. The molecule has 0 spiro atoms. The third-order valence-electron chi connectivity index (χ3n) is 3.08. The second-order valence-corrected chi connectivity index (χ2v) is 4.68. The number of hydrogen-bond acceptors (Lipinski definition) is 4. The van der Waals surface area contributed by atoms with Gasteiger partial charge in [-0.1, -0.05) is 11.6 Å². The molecule has 16 heavy (non-hydrogen) atoms. The third kappa shape index (κ3) is 2.62. The third-order valence-corrected chi connectivity index (χ3v) is 3.29. The average Bonchev–Trinajstić information content (AvgIpc) is 2.29. The zero-order chi connectivity index (χ0) is 11.5. The molecule has 2 heterocycles. The summed E-state index contributed by atoms with van der Waals surface area (Å²) >= 11 is 5.84. The predicted molar refractivity (Wildman–Crippen MR) is 63.7 cm³/mol. The van der Waals surface area contributed by atoms with Crippen molar-refractivity contribution in [3.8, 4) is 0 Å². The highest BCUT2D eigenvalue weighted by atomic mass is 35.5. The van der Waals surface area contributed by atoms with Crippen molar-refractivity contribution >= 4 is 17.4 Å². The molecule has 1 saturated heterocycles. The second kappa shape index (κ2) is 4.97. The van der Waals surface area contributed by atoms with Crippen LogP contribution < -0.4 is 4.90 Å². The van der Waals surface area contributed by atoms with Crippen molar-refractivity contribution in [3.63, 3.8) is 0 Å². The molecule has 88 valence electrons. The molecule has 2 rings (SSSR count). The van der Waals surface area contributed by atoms with Crippen LogP contribution in [0.5, 0.6) is 0 Å². The number of halogens is 1. The van der Waals surface area contributed by atoms with Crippen molar-refractivity contribution in [2.24, 2.45) is 5.92 Å². The van der Waals surface area contributed by atoms with Gasteiger partial charge in [-0.3, -0.25) is 0 Å². The quantitative estimate of drug-likeness (QED) is 0.802. The lowest BCUT2D eigenvalue weighted by Crippen LogP contribution is -2.39. The maximum Gasteiger partial charge on any atom is 0.134 e. The van der Waals surface area contributed by atoms with Crippen molar-refractivity contribution in [3.05, 3.63) is 17.5 Å². The number of anilines is 1. The Kier molecular flexibility index (Phi) is 3.61. The number of aromatic nitrogens is 2. The maximum absolute atomic E-state index is 9.61. The average molecular weight is 242 g/mol. The van der Waals surface area contributed by atoms with Gasteiger partial charge >= 0.3 is 0 Å². The van der Waals surface area contributed by atoms with Crippen LogP contribution in [0, 0.1) is 5.92 Å². The molecule has 1 aliphatic rings. The van der Waals surface area contributed by atoms with Crippen LogP contribution in [0.25, 0.3) is 0 Å². The first-order valence-corrected chi connectivity index (χ1v) is 5.95. The van der Waals surface area contributed by atoms with Gasteiger partial charge in [0.05, 0.1) is 6.10 Å². The van der Waals surface area contributed by atoms with Gasteiger partial charge in [-0.05, 0) is 19.8 Å². The molecule has 0 bridgehead atoms. The lowest BCUT2D eigenvalue weighted by molar-refractivity contribution is 0.115. The minimum Gasteiger partial charge on any atom is -0.393 e. The molecular formula is C11H16ClN3O. The van der Waals surface area contributed by atoms with Crippen LogP contribution in [0.3, 0.4) is 0 Å². The first-order valence-electron chi connectivity index (χ1n) is 5.57. The summed E-state index contributed by atoms with van der Waals surface area (Å²) in [5, 5.41) is 10.1. The molecule has 1 N–H and O–H groups in total. The molecule has 0 unspecified atom stereocenters. The fourth-order valence-electron chi connectivity index (χ4n) is 2.11. The molecular weight excluding hydrogens is 226 g/mol. The first-order chi connectivity index (χ1) is 7.66. The lowest BCUT2D eigenvalue weighted by Gasteiger charge is -2.34. The summed E-state index contributed by atoms with van der Waals surface area (Å²) in [5.41, 5.74) is 0. The van der Waals surface area contributed by atoms with E-state index in [0.717, 1.165) is 31.7 Å². The van der Waals surface area contributed by atoms with Gasteiger partial charge in [0.1, 0.15) is 17.3 Å². The zero-order valence-electron chi connectivity index (χ0n) is 9.30. The van der Waals surface area contributed by atoms with Crippen LogP contribution >= 0.6 is 11.6 Å². The molecule has 5 heteroatoms. The van der Waals surface area contributed by atoms with E-state index in [0.29, 0.717) is 11.1 Å². The monoisotopic (exact) mass is 241 g/mol. The Labute approximate surface area is 100 Å². The predicted octanol–water partition coefficient (Wildman–Crippen LogP) is 1.73. The van der Waals surface area contributed by atoms with Crippen molar-refractivity contribution in [2.75, 3.05) is 18.0 Å².